The molecular weight excluding hydrogens is 803 g/mol. The van der Waals surface area contributed by atoms with E-state index in [4.69, 9.17) is 0 Å². The first-order chi connectivity index (χ1) is 25.7. The van der Waals surface area contributed by atoms with E-state index in [1.807, 2.05) is 0 Å². The van der Waals surface area contributed by atoms with E-state index in [-0.39, 0.29) is 64.1 Å². The van der Waals surface area contributed by atoms with Gasteiger partial charge in [-0.1, -0.05) is 0 Å². The van der Waals surface area contributed by atoms with Crippen LogP contribution in [0.25, 0.3) is 0 Å². The molecule has 56 heavy (non-hydrogen) atoms. The number of hydrogen-bond donors (Lipinski definition) is 6. The number of hydrogen-bond acceptors (Lipinski definition) is 10. The fourth-order valence-corrected chi connectivity index (χ4v) is 5.61. The number of amides is 4. The maximum absolute atomic E-state index is 12.7. The van der Waals surface area contributed by atoms with E-state index >= 15 is 0 Å². The minimum Gasteiger partial charge on any atom is -1.00 e. The third kappa shape index (κ3) is 13.1. The predicted molar refractivity (Wildman–Crippen MR) is 200 cm³/mol. The molecule has 0 spiro atoms. The second kappa shape index (κ2) is 22.2. The zero-order chi connectivity index (χ0) is 39.4. The Balaban J connectivity index is 0.00000541. The van der Waals surface area contributed by atoms with E-state index in [1.165, 1.54) is 33.7 Å². The molecule has 0 fully saturated rings. The van der Waals surface area contributed by atoms with Crippen molar-refractivity contribution >= 4 is 46.4 Å². The van der Waals surface area contributed by atoms with Crippen LogP contribution in [-0.2, 0) is 45.3 Å². The van der Waals surface area contributed by atoms with Gasteiger partial charge in [0.1, 0.15) is 22.8 Å². The van der Waals surface area contributed by atoms with Crippen LogP contribution in [0.2, 0.25) is 0 Å². The molecule has 0 aliphatic heterocycles. The molecule has 1 radical (unpaired) electrons. The van der Waals surface area contributed by atoms with Crippen LogP contribution in [0.3, 0.4) is 0 Å². The van der Waals surface area contributed by atoms with Crippen molar-refractivity contribution in [3.8, 4) is 0 Å². The Labute approximate surface area is 339 Å². The maximum atomic E-state index is 12.7. The number of halogens is 1. The average molecular weight is 850 g/mol. The summed E-state index contributed by atoms with van der Waals surface area (Å²) in [6, 6.07) is 5.47. The van der Waals surface area contributed by atoms with Crippen LogP contribution >= 0.6 is 0 Å². The van der Waals surface area contributed by atoms with Crippen molar-refractivity contribution in [2.75, 3.05) is 49.9 Å². The largest absolute Gasteiger partial charge is 2.00 e. The minimum absolute atomic E-state index is 0. The predicted octanol–water partition coefficient (Wildman–Crippen LogP) is -0.737. The fraction of sp³-hybridized carbons (Fsp3) is 0.412. The van der Waals surface area contributed by atoms with E-state index < -0.39 is 21.7 Å². The Bertz CT molecular complexity index is 1860. The summed E-state index contributed by atoms with van der Waals surface area (Å²) < 4.78 is 5.93. The Morgan fingerprint density at radius 2 is 0.839 bits per heavy atom. The maximum Gasteiger partial charge on any atom is 2.00 e. The molecule has 4 aromatic heterocycles. The molecule has 307 valence electrons. The van der Waals surface area contributed by atoms with Crippen LogP contribution in [0, 0.1) is 20.2 Å². The van der Waals surface area contributed by atoms with E-state index in [9.17, 15) is 39.4 Å². The Kier molecular flexibility index (Phi) is 18.5. The molecular formula is C34H46ClCuN12O8+. The third-order valence-electron chi connectivity index (χ3n) is 8.45. The first-order valence-electron chi connectivity index (χ1n) is 17.3. The molecule has 0 aliphatic rings. The van der Waals surface area contributed by atoms with Crippen molar-refractivity contribution in [1.29, 1.82) is 0 Å². The molecule has 4 amide bonds. The number of anilines is 2. The molecule has 0 saturated heterocycles. The number of carbonyl (C=O) groups excluding carboxylic acids is 4. The van der Waals surface area contributed by atoms with Crippen LogP contribution in [0.15, 0.2) is 49.1 Å². The average Bonchev–Trinajstić information content (AvgIpc) is 3.89. The van der Waals surface area contributed by atoms with Gasteiger partial charge in [-0.25, -0.2) is 0 Å². The van der Waals surface area contributed by atoms with Gasteiger partial charge in [0.15, 0.2) is 0 Å². The first-order valence-corrected chi connectivity index (χ1v) is 17.3. The normalized spacial score (nSPS) is 10.6. The second-order valence-corrected chi connectivity index (χ2v) is 12.7. The SMILES string of the molecule is Cn1cc(NC(=O)c2cc([N+](=O)[O-])cn2C)cc1C(=O)NCCCNCCCCNCCCNC(=O)c1cc(NC(=O)c2cc([N+](=O)[O-])cn2C)cn1C.[Cl-].[Cu+2]. The molecule has 6 N–H and O–H groups in total. The number of nitro groups is 2. The van der Waals surface area contributed by atoms with Crippen molar-refractivity contribution in [3.05, 3.63) is 92.1 Å². The number of unbranched alkanes of at least 4 members (excludes halogenated alkanes) is 1. The number of aromatic nitrogens is 4. The summed E-state index contributed by atoms with van der Waals surface area (Å²) in [6.45, 7) is 4.07. The fourth-order valence-electron chi connectivity index (χ4n) is 5.61. The molecule has 4 aromatic rings. The van der Waals surface area contributed by atoms with Gasteiger partial charge < -0.3 is 62.6 Å². The van der Waals surface area contributed by atoms with E-state index in [0.717, 1.165) is 51.9 Å². The van der Waals surface area contributed by atoms with Gasteiger partial charge in [0.25, 0.3) is 35.0 Å². The van der Waals surface area contributed by atoms with Crippen molar-refractivity contribution in [2.45, 2.75) is 25.7 Å². The van der Waals surface area contributed by atoms with Gasteiger partial charge in [0.2, 0.25) is 0 Å². The van der Waals surface area contributed by atoms with Gasteiger partial charge in [-0.15, -0.1) is 0 Å². The van der Waals surface area contributed by atoms with Gasteiger partial charge in [-0.3, -0.25) is 39.4 Å². The van der Waals surface area contributed by atoms with Gasteiger partial charge >= 0.3 is 17.1 Å². The van der Waals surface area contributed by atoms with Gasteiger partial charge in [0.05, 0.1) is 33.6 Å². The molecule has 0 unspecified atom stereocenters. The number of carbonyl (C=O) groups is 4. The van der Waals surface area contributed by atoms with Gasteiger partial charge in [-0.05, 0) is 64.0 Å². The molecule has 4 heterocycles. The first kappa shape index (κ1) is 46.7. The Hall–Kier alpha value is -5.47. The summed E-state index contributed by atoms with van der Waals surface area (Å²) in [6.07, 6.45) is 9.11. The smallest absolute Gasteiger partial charge is 1.00 e. The Morgan fingerprint density at radius 1 is 0.518 bits per heavy atom. The zero-order valence-corrected chi connectivity index (χ0v) is 33.0. The topological polar surface area (TPSA) is 246 Å². The number of nitrogens with one attached hydrogen (secondary N) is 6. The third-order valence-corrected chi connectivity index (χ3v) is 8.45. The van der Waals surface area contributed by atoms with Crippen LogP contribution in [0.1, 0.15) is 67.6 Å². The molecule has 0 aliphatic carbocycles. The molecule has 4 rings (SSSR count). The summed E-state index contributed by atoms with van der Waals surface area (Å²) in [7, 11) is 6.46. The molecule has 0 bridgehead atoms. The van der Waals surface area contributed by atoms with Crippen molar-refractivity contribution in [2.24, 2.45) is 28.2 Å². The van der Waals surface area contributed by atoms with Crippen molar-refractivity contribution < 1.29 is 58.5 Å². The van der Waals surface area contributed by atoms with Crippen LogP contribution in [0.5, 0.6) is 0 Å². The van der Waals surface area contributed by atoms with E-state index in [0.29, 0.717) is 35.9 Å². The van der Waals surface area contributed by atoms with E-state index in [2.05, 4.69) is 31.9 Å². The number of nitrogens with zero attached hydrogens (tertiary/aromatic N) is 6. The summed E-state index contributed by atoms with van der Waals surface area (Å²) in [5.74, 6) is -1.62. The number of aryl methyl sites for hydroxylation is 4. The monoisotopic (exact) mass is 848 g/mol. The number of rotatable bonds is 21. The summed E-state index contributed by atoms with van der Waals surface area (Å²) in [4.78, 5) is 71.4. The second-order valence-electron chi connectivity index (χ2n) is 12.7. The molecule has 0 atom stereocenters. The molecule has 22 heteroatoms. The summed E-state index contributed by atoms with van der Waals surface area (Å²) >= 11 is 0. The van der Waals surface area contributed by atoms with Crippen molar-refractivity contribution in [1.82, 2.24) is 39.5 Å². The van der Waals surface area contributed by atoms with Crippen LogP contribution in [0.4, 0.5) is 22.7 Å². The summed E-state index contributed by atoms with van der Waals surface area (Å²) in [5, 5.41) is 39.8. The molecule has 20 nitrogen and oxygen atoms in total. The van der Waals surface area contributed by atoms with Crippen LogP contribution < -0.4 is 44.3 Å². The summed E-state index contributed by atoms with van der Waals surface area (Å²) in [5.41, 5.74) is 1.38. The van der Waals surface area contributed by atoms with Crippen molar-refractivity contribution in [3.63, 3.8) is 0 Å². The quantitative estimate of drug-likeness (QED) is 0.0266. The van der Waals surface area contributed by atoms with Gasteiger partial charge in [0, 0.05) is 65.8 Å². The minimum atomic E-state index is -0.571. The van der Waals surface area contributed by atoms with E-state index in [1.54, 1.807) is 61.9 Å². The molecule has 0 aromatic carbocycles. The molecule has 0 saturated carbocycles. The standard InChI is InChI=1S/C34H46N12O8.ClH.Cu/c1-41-19-23(39-33(49)29-17-25(45(51)52)21-43(29)3)15-27(41)31(47)37-13-7-11-35-9-5-6-10-36-12-8-14-38-32(48)28-16-24(20-42(28)2)40-34(50)30-18-26(46(53)54)22-44(30)4;;/h15-22,35-36H,5-14H2,1-4H3,(H,37,47)(H,38,48)(H,39,49)(H,40,50);1H;/q;;+2/p-1. The van der Waals surface area contributed by atoms with Gasteiger partial charge in [-0.2, -0.15) is 0 Å². The Morgan fingerprint density at radius 3 is 1.18 bits per heavy atom. The zero-order valence-electron chi connectivity index (χ0n) is 31.3. The van der Waals surface area contributed by atoms with Crippen LogP contribution in [-0.4, -0.2) is 91.0 Å².